The first kappa shape index (κ1) is 28.2. The molecule has 0 heterocycles. The third-order valence-electron chi connectivity index (χ3n) is 6.96. The van der Waals surface area contributed by atoms with Gasteiger partial charge in [-0.25, -0.2) is 4.99 Å². The van der Waals surface area contributed by atoms with Crippen LogP contribution in [0.2, 0.25) is 0 Å². The number of allylic oxidation sites excluding steroid dienone is 3. The Morgan fingerprint density at radius 3 is 1.92 bits per heavy atom. The van der Waals surface area contributed by atoms with Gasteiger partial charge in [-0.15, -0.1) is 0 Å². The second-order valence-corrected chi connectivity index (χ2v) is 9.32. The second-order valence-electron chi connectivity index (χ2n) is 9.32. The van der Waals surface area contributed by atoms with E-state index in [1.807, 2.05) is 58.0 Å². The van der Waals surface area contributed by atoms with Crippen LogP contribution in [-0.2, 0) is 11.2 Å². The maximum absolute atomic E-state index is 12.9. The highest BCUT2D eigenvalue weighted by Crippen LogP contribution is 2.30. The predicted octanol–water partition coefficient (Wildman–Crippen LogP) is 4.60. The maximum atomic E-state index is 12.9. The number of carbonyl (C=O) groups excluding carboxylic acids is 1. The van der Waals surface area contributed by atoms with Gasteiger partial charge in [0.15, 0.2) is 0 Å². The molecule has 198 valence electrons. The van der Waals surface area contributed by atoms with Gasteiger partial charge >= 0.3 is 0 Å². The lowest BCUT2D eigenvalue weighted by atomic mass is 9.88. The normalized spacial score (nSPS) is 14.8. The van der Waals surface area contributed by atoms with Crippen molar-refractivity contribution < 1.29 is 20.1 Å². The zero-order chi connectivity index (χ0) is 27.1. The van der Waals surface area contributed by atoms with Crippen LogP contribution in [0.5, 0.6) is 0 Å². The molecule has 3 N–H and O–H groups in total. The van der Waals surface area contributed by atoms with E-state index in [9.17, 15) is 20.1 Å². The third kappa shape index (κ3) is 6.48. The number of hydrogen-bond acceptors (Lipinski definition) is 7. The number of likely N-dealkylation sites (N-methyl/N-ethyl adjacent to an activating group) is 2. The van der Waals surface area contributed by atoms with E-state index in [-0.39, 0.29) is 24.8 Å². The van der Waals surface area contributed by atoms with Crippen LogP contribution in [0.25, 0.3) is 0 Å². The zero-order valence-electron chi connectivity index (χ0n) is 22.6. The summed E-state index contributed by atoms with van der Waals surface area (Å²) in [5, 5.41) is 29.4. The molecule has 0 aromatic heterocycles. The van der Waals surface area contributed by atoms with E-state index in [0.29, 0.717) is 42.1 Å². The number of aliphatic imine (C=N–C) groups is 1. The van der Waals surface area contributed by atoms with E-state index in [0.717, 1.165) is 41.2 Å². The van der Waals surface area contributed by atoms with Crippen LogP contribution in [0.4, 0.5) is 17.1 Å². The van der Waals surface area contributed by atoms with Gasteiger partial charge in [0.05, 0.1) is 18.9 Å². The van der Waals surface area contributed by atoms with Crippen molar-refractivity contribution in [2.24, 2.45) is 4.99 Å². The zero-order valence-corrected chi connectivity index (χ0v) is 22.6. The summed E-state index contributed by atoms with van der Waals surface area (Å²) in [6.45, 7) is 12.8. The predicted molar refractivity (Wildman–Crippen MR) is 152 cm³/mol. The molecule has 0 unspecified atom stereocenters. The molecule has 7 nitrogen and oxygen atoms in total. The van der Waals surface area contributed by atoms with E-state index in [2.05, 4.69) is 22.8 Å². The largest absolute Gasteiger partial charge is 0.508 e. The van der Waals surface area contributed by atoms with Gasteiger partial charge in [-0.2, -0.15) is 0 Å². The van der Waals surface area contributed by atoms with Crippen LogP contribution < -0.4 is 9.80 Å². The summed E-state index contributed by atoms with van der Waals surface area (Å²) in [7, 11) is 0. The van der Waals surface area contributed by atoms with Gasteiger partial charge in [0.25, 0.3) is 0 Å². The summed E-state index contributed by atoms with van der Waals surface area (Å²) < 4.78 is 0. The molecule has 0 spiro atoms. The fourth-order valence-electron chi connectivity index (χ4n) is 4.69. The van der Waals surface area contributed by atoms with E-state index < -0.39 is 0 Å². The Morgan fingerprint density at radius 2 is 1.41 bits per heavy atom. The van der Waals surface area contributed by atoms with E-state index in [4.69, 9.17) is 4.99 Å². The van der Waals surface area contributed by atoms with Gasteiger partial charge in [0.1, 0.15) is 11.5 Å². The number of anilines is 2. The molecule has 0 saturated heterocycles. The molecule has 1 aliphatic carbocycles. The first-order valence-corrected chi connectivity index (χ1v) is 12.9. The van der Waals surface area contributed by atoms with Crippen LogP contribution >= 0.6 is 0 Å². The molecule has 7 heteroatoms. The Bertz CT molecular complexity index is 1230. The molecule has 0 fully saturated rings. The van der Waals surface area contributed by atoms with Crippen molar-refractivity contribution in [1.29, 1.82) is 0 Å². The van der Waals surface area contributed by atoms with Crippen molar-refractivity contribution in [2.45, 2.75) is 41.0 Å². The molecular formula is C30H39N3O4. The fraction of sp³-hybridized carbons (Fsp3) is 0.400. The van der Waals surface area contributed by atoms with Crippen molar-refractivity contribution in [2.75, 3.05) is 49.2 Å². The molecule has 0 radical (unpaired) electrons. The van der Waals surface area contributed by atoms with Gasteiger partial charge in [0, 0.05) is 55.6 Å². The Labute approximate surface area is 220 Å². The average Bonchev–Trinajstić information content (AvgIpc) is 2.87. The highest BCUT2D eigenvalue weighted by Gasteiger charge is 2.25. The molecule has 3 rings (SSSR count). The van der Waals surface area contributed by atoms with Gasteiger partial charge < -0.3 is 25.1 Å². The SMILES string of the molecule is CCN(CCO)c1ccc(CC2=C(C)C(=Nc3ccc(N(CC)CCO)cc3C)C(=O)C=C2O)c(C)c1. The van der Waals surface area contributed by atoms with Crippen LogP contribution in [0, 0.1) is 13.8 Å². The topological polar surface area (TPSA) is 96.6 Å². The van der Waals surface area contributed by atoms with Crippen molar-refractivity contribution in [3.63, 3.8) is 0 Å². The number of benzene rings is 2. The lowest BCUT2D eigenvalue weighted by molar-refractivity contribution is -0.109. The van der Waals surface area contributed by atoms with Crippen molar-refractivity contribution in [3.05, 3.63) is 76.1 Å². The third-order valence-corrected chi connectivity index (χ3v) is 6.96. The first-order valence-electron chi connectivity index (χ1n) is 12.9. The van der Waals surface area contributed by atoms with Crippen LogP contribution in [0.15, 0.2) is 64.4 Å². The summed E-state index contributed by atoms with van der Waals surface area (Å²) in [6, 6.07) is 12.0. The number of rotatable bonds is 11. The average molecular weight is 506 g/mol. The van der Waals surface area contributed by atoms with E-state index in [1.54, 1.807) is 0 Å². The highest BCUT2D eigenvalue weighted by atomic mass is 16.3. The number of hydrogen-bond donors (Lipinski definition) is 3. The Kier molecular flexibility index (Phi) is 9.66. The molecule has 0 saturated carbocycles. The van der Waals surface area contributed by atoms with Gasteiger partial charge in [-0.05, 0) is 87.2 Å². The Balaban J connectivity index is 1.94. The van der Waals surface area contributed by atoms with Gasteiger partial charge in [-0.3, -0.25) is 4.79 Å². The summed E-state index contributed by atoms with van der Waals surface area (Å²) in [5.74, 6) is -0.331. The number of nitrogens with zero attached hydrogens (tertiary/aromatic N) is 3. The molecular weight excluding hydrogens is 466 g/mol. The van der Waals surface area contributed by atoms with Crippen LogP contribution in [-0.4, -0.2) is 66.2 Å². The number of aryl methyl sites for hydroxylation is 2. The monoisotopic (exact) mass is 505 g/mol. The van der Waals surface area contributed by atoms with E-state index in [1.165, 1.54) is 6.08 Å². The highest BCUT2D eigenvalue weighted by molar-refractivity contribution is 6.51. The standard InChI is InChI=1S/C30H39N3O4/c1-6-32(12-14-34)24-9-8-23(20(3)16-24)18-26-22(5)30(29(37)19-28(26)36)31-27-11-10-25(17-21(27)4)33(7-2)13-15-35/h8-11,16-17,19,34-36H,6-7,12-15,18H2,1-5H3. The minimum absolute atomic E-state index is 0.0185. The molecule has 37 heavy (non-hydrogen) atoms. The van der Waals surface area contributed by atoms with Crippen LogP contribution in [0.3, 0.4) is 0 Å². The van der Waals surface area contributed by atoms with Crippen molar-refractivity contribution >= 4 is 28.6 Å². The second kappa shape index (κ2) is 12.7. The lowest BCUT2D eigenvalue weighted by Crippen LogP contribution is -2.26. The lowest BCUT2D eigenvalue weighted by Gasteiger charge is -2.24. The summed E-state index contributed by atoms with van der Waals surface area (Å²) in [5.41, 5.74) is 7.49. The Hall–Kier alpha value is -3.42. The smallest absolute Gasteiger partial charge is 0.208 e. The fourth-order valence-corrected chi connectivity index (χ4v) is 4.69. The Morgan fingerprint density at radius 1 is 0.838 bits per heavy atom. The molecule has 0 atom stereocenters. The molecule has 2 aromatic carbocycles. The minimum Gasteiger partial charge on any atom is -0.508 e. The first-order chi connectivity index (χ1) is 17.7. The molecule has 1 aliphatic rings. The summed E-state index contributed by atoms with van der Waals surface area (Å²) in [6.07, 6.45) is 1.73. The number of carbonyl (C=O) groups is 1. The molecule has 0 aliphatic heterocycles. The van der Waals surface area contributed by atoms with Crippen molar-refractivity contribution in [1.82, 2.24) is 0 Å². The molecule has 0 amide bonds. The molecule has 2 aromatic rings. The maximum Gasteiger partial charge on any atom is 0.208 e. The minimum atomic E-state index is -0.313. The summed E-state index contributed by atoms with van der Waals surface area (Å²) in [4.78, 5) is 21.8. The van der Waals surface area contributed by atoms with Gasteiger partial charge in [-0.1, -0.05) is 6.07 Å². The number of aliphatic hydroxyl groups excluding tert-OH is 3. The number of ketones is 1. The van der Waals surface area contributed by atoms with Gasteiger partial charge in [0.2, 0.25) is 5.78 Å². The van der Waals surface area contributed by atoms with E-state index >= 15 is 0 Å². The van der Waals surface area contributed by atoms with Crippen molar-refractivity contribution in [3.8, 4) is 0 Å². The number of aliphatic hydroxyl groups is 3. The quantitative estimate of drug-likeness (QED) is 0.387. The van der Waals surface area contributed by atoms with Crippen LogP contribution in [0.1, 0.15) is 37.5 Å². The molecule has 0 bridgehead atoms. The summed E-state index contributed by atoms with van der Waals surface area (Å²) >= 11 is 0.